The van der Waals surface area contributed by atoms with Crippen LogP contribution >= 0.6 is 11.8 Å². The molecule has 0 spiro atoms. The Kier molecular flexibility index (Phi) is 5.15. The molecule has 2 heterocycles. The van der Waals surface area contributed by atoms with Crippen molar-refractivity contribution in [2.45, 2.75) is 6.92 Å². The molecule has 2 aliphatic rings. The molecule has 3 rings (SSSR count). The predicted octanol–water partition coefficient (Wildman–Crippen LogP) is 0.158. The second kappa shape index (κ2) is 7.29. The van der Waals surface area contributed by atoms with Crippen LogP contribution in [0.4, 0.5) is 0 Å². The van der Waals surface area contributed by atoms with Gasteiger partial charge in [0.25, 0.3) is 5.91 Å². The minimum absolute atomic E-state index is 0.143. The van der Waals surface area contributed by atoms with Crippen LogP contribution in [0, 0.1) is 6.92 Å². The fraction of sp³-hybridized carbons (Fsp3) is 0.412. The average molecular weight is 332 g/mol. The summed E-state index contributed by atoms with van der Waals surface area (Å²) in [6.07, 6.45) is 1.91. The van der Waals surface area contributed by atoms with E-state index in [1.807, 2.05) is 37.3 Å². The van der Waals surface area contributed by atoms with Gasteiger partial charge in [0.15, 0.2) is 5.17 Å². The van der Waals surface area contributed by atoms with Gasteiger partial charge in [0.1, 0.15) is 6.54 Å². The third-order valence-electron chi connectivity index (χ3n) is 4.19. The maximum absolute atomic E-state index is 12.1. The van der Waals surface area contributed by atoms with E-state index in [1.54, 1.807) is 0 Å². The molecule has 2 N–H and O–H groups in total. The van der Waals surface area contributed by atoms with E-state index in [2.05, 4.69) is 9.89 Å². The Morgan fingerprint density at radius 1 is 1.30 bits per heavy atom. The Bertz CT molecular complexity index is 632. The largest absolute Gasteiger partial charge is 0.391 e. The monoisotopic (exact) mass is 332 g/mol. The van der Waals surface area contributed by atoms with Crippen molar-refractivity contribution in [2.24, 2.45) is 4.99 Å². The number of amidine groups is 1. The number of rotatable bonds is 3. The molecule has 122 valence electrons. The SMILES string of the molecule is Cc1ccc(/C=C2\SC(N3CC[NH+](CCO)CC3)=NC2=O)cc1. The Balaban J connectivity index is 1.63. The Morgan fingerprint density at radius 3 is 2.65 bits per heavy atom. The van der Waals surface area contributed by atoms with Crippen molar-refractivity contribution >= 4 is 28.9 Å². The van der Waals surface area contributed by atoms with Gasteiger partial charge in [0, 0.05) is 0 Å². The molecule has 0 radical (unpaired) electrons. The van der Waals surface area contributed by atoms with E-state index in [-0.39, 0.29) is 12.5 Å². The fourth-order valence-corrected chi connectivity index (χ4v) is 3.73. The second-order valence-corrected chi connectivity index (χ2v) is 6.94. The van der Waals surface area contributed by atoms with Crippen molar-refractivity contribution in [3.05, 3.63) is 40.3 Å². The molecular formula is C17H22N3O2S+. The smallest absolute Gasteiger partial charge is 0.286 e. The van der Waals surface area contributed by atoms with Crippen LogP contribution < -0.4 is 4.90 Å². The van der Waals surface area contributed by atoms with Crippen molar-refractivity contribution in [3.63, 3.8) is 0 Å². The molecule has 2 aliphatic heterocycles. The lowest BCUT2D eigenvalue weighted by Crippen LogP contribution is -3.15. The number of carbonyl (C=O) groups is 1. The number of hydrogen-bond acceptors (Lipinski definition) is 4. The molecule has 6 heteroatoms. The number of quaternary nitrogens is 1. The summed E-state index contributed by atoms with van der Waals surface area (Å²) in [5.41, 5.74) is 2.23. The number of nitrogens with one attached hydrogen (secondary N) is 1. The molecule has 1 fully saturated rings. The zero-order chi connectivity index (χ0) is 16.2. The molecule has 5 nitrogen and oxygen atoms in total. The lowest BCUT2D eigenvalue weighted by Gasteiger charge is -2.32. The predicted molar refractivity (Wildman–Crippen MR) is 93.4 cm³/mol. The lowest BCUT2D eigenvalue weighted by molar-refractivity contribution is -0.904. The Hall–Kier alpha value is -1.63. The highest BCUT2D eigenvalue weighted by atomic mass is 32.2. The van der Waals surface area contributed by atoms with E-state index in [4.69, 9.17) is 5.11 Å². The van der Waals surface area contributed by atoms with Gasteiger partial charge in [0.2, 0.25) is 0 Å². The summed E-state index contributed by atoms with van der Waals surface area (Å²) in [6, 6.07) is 8.12. The fourth-order valence-electron chi connectivity index (χ4n) is 2.77. The topological polar surface area (TPSA) is 57.3 Å². The highest BCUT2D eigenvalue weighted by molar-refractivity contribution is 8.18. The molecular weight excluding hydrogens is 310 g/mol. The van der Waals surface area contributed by atoms with Crippen molar-refractivity contribution in [1.82, 2.24) is 4.90 Å². The van der Waals surface area contributed by atoms with Gasteiger partial charge < -0.3 is 14.9 Å². The number of aliphatic hydroxyl groups is 1. The Morgan fingerprint density at radius 2 is 2.00 bits per heavy atom. The molecule has 0 aliphatic carbocycles. The minimum Gasteiger partial charge on any atom is -0.391 e. The van der Waals surface area contributed by atoms with Gasteiger partial charge in [-0.05, 0) is 30.3 Å². The van der Waals surface area contributed by atoms with Crippen LogP contribution in [0.3, 0.4) is 0 Å². The van der Waals surface area contributed by atoms with E-state index in [9.17, 15) is 4.79 Å². The summed E-state index contributed by atoms with van der Waals surface area (Å²) >= 11 is 1.47. The summed E-state index contributed by atoms with van der Waals surface area (Å²) in [5, 5.41) is 9.82. The first-order chi connectivity index (χ1) is 11.2. The zero-order valence-corrected chi connectivity index (χ0v) is 14.1. The first-order valence-corrected chi connectivity index (χ1v) is 8.76. The molecule has 0 atom stereocenters. The van der Waals surface area contributed by atoms with Gasteiger partial charge in [-0.3, -0.25) is 4.79 Å². The summed E-state index contributed by atoms with van der Waals surface area (Å²) < 4.78 is 0. The number of aryl methyl sites for hydroxylation is 1. The first-order valence-electron chi connectivity index (χ1n) is 7.94. The molecule has 1 aromatic rings. The van der Waals surface area contributed by atoms with Crippen molar-refractivity contribution in [2.75, 3.05) is 39.3 Å². The molecule has 1 aromatic carbocycles. The van der Waals surface area contributed by atoms with Gasteiger partial charge in [-0.2, -0.15) is 4.99 Å². The maximum atomic E-state index is 12.1. The molecule has 0 saturated carbocycles. The molecule has 0 aromatic heterocycles. The molecule has 23 heavy (non-hydrogen) atoms. The summed E-state index contributed by atoms with van der Waals surface area (Å²) in [6.45, 7) is 6.79. The number of benzene rings is 1. The quantitative estimate of drug-likeness (QED) is 0.774. The van der Waals surface area contributed by atoms with Crippen molar-refractivity contribution in [3.8, 4) is 0 Å². The Labute approximate surface area is 140 Å². The number of hydrogen-bond donors (Lipinski definition) is 2. The van der Waals surface area contributed by atoms with Crippen LogP contribution in [0.1, 0.15) is 11.1 Å². The zero-order valence-electron chi connectivity index (χ0n) is 13.3. The molecule has 1 amide bonds. The molecule has 0 bridgehead atoms. The van der Waals surface area contributed by atoms with E-state index in [1.165, 1.54) is 22.2 Å². The standard InChI is InChI=1S/C17H21N3O2S/c1-13-2-4-14(5-3-13)12-15-16(22)18-17(23-15)20-8-6-19(7-9-20)10-11-21/h2-5,12,21H,6-11H2,1H3/p+1/b15-12-. The normalized spacial score (nSPS) is 21.1. The van der Waals surface area contributed by atoms with Gasteiger partial charge in [-0.25, -0.2) is 0 Å². The van der Waals surface area contributed by atoms with Crippen LogP contribution in [-0.2, 0) is 4.79 Å². The van der Waals surface area contributed by atoms with E-state index in [0.717, 1.165) is 43.5 Å². The molecule has 1 saturated heterocycles. The molecule has 0 unspecified atom stereocenters. The number of nitrogens with zero attached hydrogens (tertiary/aromatic N) is 2. The highest BCUT2D eigenvalue weighted by Crippen LogP contribution is 2.30. The van der Waals surface area contributed by atoms with Gasteiger partial charge in [0.05, 0.1) is 37.7 Å². The van der Waals surface area contributed by atoms with Crippen LogP contribution in [0.15, 0.2) is 34.2 Å². The summed E-state index contributed by atoms with van der Waals surface area (Å²) in [7, 11) is 0. The summed E-state index contributed by atoms with van der Waals surface area (Å²) in [5.74, 6) is -0.143. The van der Waals surface area contributed by atoms with E-state index >= 15 is 0 Å². The van der Waals surface area contributed by atoms with Gasteiger partial charge in [-0.1, -0.05) is 29.8 Å². The summed E-state index contributed by atoms with van der Waals surface area (Å²) in [4.78, 5) is 20.6. The third-order valence-corrected chi connectivity index (χ3v) is 5.24. The minimum atomic E-state index is -0.143. The van der Waals surface area contributed by atoms with Gasteiger partial charge >= 0.3 is 0 Å². The third kappa shape index (κ3) is 4.02. The van der Waals surface area contributed by atoms with E-state index in [0.29, 0.717) is 4.91 Å². The van der Waals surface area contributed by atoms with Crippen LogP contribution in [0.2, 0.25) is 0 Å². The van der Waals surface area contributed by atoms with Crippen molar-refractivity contribution in [1.29, 1.82) is 0 Å². The lowest BCUT2D eigenvalue weighted by atomic mass is 10.1. The number of carbonyl (C=O) groups excluding carboxylic acids is 1. The number of aliphatic imine (C=N–C) groups is 1. The number of piperazine rings is 1. The van der Waals surface area contributed by atoms with Crippen LogP contribution in [0.25, 0.3) is 6.08 Å². The van der Waals surface area contributed by atoms with E-state index < -0.39 is 0 Å². The number of aliphatic hydroxyl groups excluding tert-OH is 1. The average Bonchev–Trinajstić information content (AvgIpc) is 2.92. The first kappa shape index (κ1) is 16.2. The second-order valence-electron chi connectivity index (χ2n) is 5.93. The van der Waals surface area contributed by atoms with Crippen molar-refractivity contribution < 1.29 is 14.8 Å². The van der Waals surface area contributed by atoms with Crippen LogP contribution in [0.5, 0.6) is 0 Å². The van der Waals surface area contributed by atoms with Crippen LogP contribution in [-0.4, -0.2) is 60.4 Å². The maximum Gasteiger partial charge on any atom is 0.286 e. The van der Waals surface area contributed by atoms with Gasteiger partial charge in [-0.15, -0.1) is 0 Å². The number of thioether (sulfide) groups is 1. The number of amides is 1. The highest BCUT2D eigenvalue weighted by Gasteiger charge is 2.29.